The molecule has 2 fully saturated rings. The molecule has 3 aliphatic rings. The first-order valence-corrected chi connectivity index (χ1v) is 12.3. The molecule has 0 radical (unpaired) electrons. The number of likely N-dealkylation sites (tertiary alicyclic amines) is 1. The van der Waals surface area contributed by atoms with Crippen molar-refractivity contribution in [2.24, 2.45) is 23.2 Å². The molecule has 2 aliphatic heterocycles. The van der Waals surface area contributed by atoms with Gasteiger partial charge in [-0.1, -0.05) is 25.4 Å². The smallest absolute Gasteiger partial charge is 0.225 e. The van der Waals surface area contributed by atoms with E-state index in [0.717, 1.165) is 55.7 Å². The van der Waals surface area contributed by atoms with Gasteiger partial charge >= 0.3 is 0 Å². The number of aromatic nitrogens is 2. The first-order valence-electron chi connectivity index (χ1n) is 12.0. The number of fused-ring (bicyclic) bond motifs is 2. The van der Waals surface area contributed by atoms with Crippen molar-refractivity contribution in [3.05, 3.63) is 34.7 Å². The number of nitrogens with one attached hydrogen (secondary N) is 1. The lowest BCUT2D eigenvalue weighted by Gasteiger charge is -2.17. The molecular weight excluding hydrogens is 450 g/mol. The second kappa shape index (κ2) is 8.42. The summed E-state index contributed by atoms with van der Waals surface area (Å²) in [4.78, 5) is 30.7. The minimum Gasteiger partial charge on any atom is -0.342 e. The van der Waals surface area contributed by atoms with Gasteiger partial charge in [-0.2, -0.15) is 5.26 Å². The molecule has 3 atom stereocenters. The minimum absolute atomic E-state index is 0.0462. The highest BCUT2D eigenvalue weighted by atomic mass is 35.5. The highest BCUT2D eigenvalue weighted by molar-refractivity contribution is 6.33. The molecule has 4 heterocycles. The molecule has 0 bridgehead atoms. The average Bonchev–Trinajstić information content (AvgIpc) is 3.47. The second-order valence-corrected chi connectivity index (χ2v) is 11.4. The fourth-order valence-corrected chi connectivity index (χ4v) is 6.45. The van der Waals surface area contributed by atoms with Crippen molar-refractivity contribution in [2.45, 2.75) is 53.0 Å². The largest absolute Gasteiger partial charge is 0.342 e. The average molecular weight is 480 g/mol. The zero-order valence-corrected chi connectivity index (χ0v) is 20.7. The number of anilines is 1. The topological polar surface area (TPSA) is 91.0 Å². The van der Waals surface area contributed by atoms with Gasteiger partial charge in [0, 0.05) is 56.0 Å². The Hall–Kier alpha value is -2.85. The molecule has 8 heteroatoms. The Bertz CT molecular complexity index is 1200. The number of nitriles is 1. The van der Waals surface area contributed by atoms with Crippen molar-refractivity contribution in [1.29, 1.82) is 5.26 Å². The maximum Gasteiger partial charge on any atom is 0.225 e. The molecule has 2 aromatic heterocycles. The Balaban J connectivity index is 1.28. The number of pyridine rings is 1. The quantitative estimate of drug-likeness (QED) is 0.699. The Morgan fingerprint density at radius 3 is 2.59 bits per heavy atom. The molecule has 34 heavy (non-hydrogen) atoms. The van der Waals surface area contributed by atoms with Gasteiger partial charge in [-0.05, 0) is 54.6 Å². The zero-order chi connectivity index (χ0) is 24.2. The molecule has 0 spiro atoms. The van der Waals surface area contributed by atoms with Gasteiger partial charge in [-0.3, -0.25) is 9.59 Å². The molecule has 2 amide bonds. The van der Waals surface area contributed by atoms with Crippen LogP contribution < -0.4 is 5.32 Å². The van der Waals surface area contributed by atoms with E-state index in [0.29, 0.717) is 40.7 Å². The molecule has 0 unspecified atom stereocenters. The summed E-state index contributed by atoms with van der Waals surface area (Å²) in [5.41, 5.74) is 3.53. The van der Waals surface area contributed by atoms with Crippen molar-refractivity contribution in [1.82, 2.24) is 14.5 Å². The van der Waals surface area contributed by atoms with E-state index in [9.17, 15) is 14.9 Å². The van der Waals surface area contributed by atoms with Crippen LogP contribution >= 0.6 is 11.6 Å². The van der Waals surface area contributed by atoms with Crippen LogP contribution in [-0.4, -0.2) is 39.4 Å². The highest BCUT2D eigenvalue weighted by Gasteiger charge is 2.42. The molecule has 7 nitrogen and oxygen atoms in total. The van der Waals surface area contributed by atoms with Crippen LogP contribution in [0.5, 0.6) is 0 Å². The number of carbonyl (C=O) groups is 2. The third-order valence-corrected chi connectivity index (χ3v) is 8.04. The molecule has 1 N–H and O–H groups in total. The first-order chi connectivity index (χ1) is 16.1. The summed E-state index contributed by atoms with van der Waals surface area (Å²) in [5.74, 6) is 1.94. The van der Waals surface area contributed by atoms with Gasteiger partial charge in [0.1, 0.15) is 17.6 Å². The predicted molar refractivity (Wildman–Crippen MR) is 130 cm³/mol. The third kappa shape index (κ3) is 4.20. The standard InChI is InChI=1S/C26H30ClN5O2/c1-15(33)31-12-17-4-16(5-18(17)13-31)6-25(34)30-24-8-20(22(27)11-29-24)21-7-19(10-28)32-14-26(2,3)9-23(21)32/h7-8,11,16-18H,4-6,9,12-14H2,1-3H3,(H,29,30,34)/t16-,17-,18+. The molecule has 0 aromatic carbocycles. The fraction of sp³-hybridized carbons (Fsp3) is 0.538. The number of hydrogen-bond donors (Lipinski definition) is 1. The van der Waals surface area contributed by atoms with Gasteiger partial charge in [-0.15, -0.1) is 0 Å². The van der Waals surface area contributed by atoms with Crippen molar-refractivity contribution in [3.63, 3.8) is 0 Å². The molecule has 1 saturated carbocycles. The van der Waals surface area contributed by atoms with Crippen LogP contribution in [-0.2, 0) is 22.6 Å². The SMILES string of the molecule is CC(=O)N1C[C@H]2C[C@@H](CC(=O)Nc3cc(-c4cc(C#N)n5c4CC(C)(C)C5)c(Cl)cn3)C[C@H]2C1. The fourth-order valence-electron chi connectivity index (χ4n) is 6.24. The summed E-state index contributed by atoms with van der Waals surface area (Å²) in [5, 5.41) is 13.1. The molecule has 1 saturated heterocycles. The van der Waals surface area contributed by atoms with Gasteiger partial charge in [0.15, 0.2) is 0 Å². The number of halogens is 1. The van der Waals surface area contributed by atoms with Gasteiger partial charge < -0.3 is 14.8 Å². The molecule has 178 valence electrons. The van der Waals surface area contributed by atoms with Crippen LogP contribution in [0.2, 0.25) is 5.02 Å². The highest BCUT2D eigenvalue weighted by Crippen LogP contribution is 2.44. The van der Waals surface area contributed by atoms with Crippen LogP contribution in [0.3, 0.4) is 0 Å². The lowest BCUT2D eigenvalue weighted by atomic mass is 9.89. The number of rotatable bonds is 4. The van der Waals surface area contributed by atoms with E-state index in [2.05, 4.69) is 34.8 Å². The van der Waals surface area contributed by atoms with E-state index in [4.69, 9.17) is 11.6 Å². The van der Waals surface area contributed by atoms with Crippen molar-refractivity contribution < 1.29 is 9.59 Å². The van der Waals surface area contributed by atoms with E-state index in [-0.39, 0.29) is 17.2 Å². The first kappa shape index (κ1) is 22.9. The zero-order valence-electron chi connectivity index (χ0n) is 19.9. The summed E-state index contributed by atoms with van der Waals surface area (Å²) in [6.45, 7) is 8.46. The third-order valence-electron chi connectivity index (χ3n) is 7.74. The van der Waals surface area contributed by atoms with Crippen LogP contribution in [0.1, 0.15) is 51.4 Å². The number of nitrogens with zero attached hydrogens (tertiary/aromatic N) is 4. The van der Waals surface area contributed by atoms with E-state index in [1.165, 1.54) is 0 Å². The van der Waals surface area contributed by atoms with E-state index >= 15 is 0 Å². The van der Waals surface area contributed by atoms with Crippen molar-refractivity contribution in [3.8, 4) is 17.2 Å². The molecule has 2 aromatic rings. The molecule has 1 aliphatic carbocycles. The minimum atomic E-state index is -0.0462. The maximum absolute atomic E-state index is 12.8. The summed E-state index contributed by atoms with van der Waals surface area (Å²) in [6.07, 6.45) is 4.87. The van der Waals surface area contributed by atoms with Crippen molar-refractivity contribution in [2.75, 3.05) is 18.4 Å². The lowest BCUT2D eigenvalue weighted by molar-refractivity contribution is -0.128. The molecule has 5 rings (SSSR count). The van der Waals surface area contributed by atoms with Gasteiger partial charge in [-0.25, -0.2) is 4.98 Å². The van der Waals surface area contributed by atoms with Crippen LogP contribution in [0.4, 0.5) is 5.82 Å². The van der Waals surface area contributed by atoms with Gasteiger partial charge in [0.05, 0.1) is 5.02 Å². The number of carbonyl (C=O) groups excluding carboxylic acids is 2. The van der Waals surface area contributed by atoms with Crippen molar-refractivity contribution >= 4 is 29.2 Å². The van der Waals surface area contributed by atoms with E-state index < -0.39 is 0 Å². The van der Waals surface area contributed by atoms with Crippen LogP contribution in [0.15, 0.2) is 18.3 Å². The monoisotopic (exact) mass is 479 g/mol. The summed E-state index contributed by atoms with van der Waals surface area (Å²) in [6, 6.07) is 6.00. The van der Waals surface area contributed by atoms with Crippen LogP contribution in [0.25, 0.3) is 11.1 Å². The Morgan fingerprint density at radius 1 is 1.24 bits per heavy atom. The van der Waals surface area contributed by atoms with E-state index in [1.54, 1.807) is 13.1 Å². The summed E-state index contributed by atoms with van der Waals surface area (Å²) < 4.78 is 2.08. The van der Waals surface area contributed by atoms with Gasteiger partial charge in [0.25, 0.3) is 0 Å². The Labute approximate surface area is 205 Å². The van der Waals surface area contributed by atoms with E-state index in [1.807, 2.05) is 17.0 Å². The summed E-state index contributed by atoms with van der Waals surface area (Å²) in [7, 11) is 0. The maximum atomic E-state index is 12.8. The second-order valence-electron chi connectivity index (χ2n) is 11.0. The molecular formula is C26H30ClN5O2. The number of amides is 2. The normalized spacial score (nSPS) is 24.6. The van der Waals surface area contributed by atoms with Gasteiger partial charge in [0.2, 0.25) is 11.8 Å². The van der Waals surface area contributed by atoms with Crippen LogP contribution in [0, 0.1) is 34.5 Å². The number of hydrogen-bond acceptors (Lipinski definition) is 4. The Morgan fingerprint density at radius 2 is 1.94 bits per heavy atom. The summed E-state index contributed by atoms with van der Waals surface area (Å²) >= 11 is 6.52. The Kier molecular flexibility index (Phi) is 5.68. The predicted octanol–water partition coefficient (Wildman–Crippen LogP) is 4.49. The lowest BCUT2D eigenvalue weighted by Crippen LogP contribution is -2.27.